The number of carbonyl (C=O) groups is 1. The maximum atomic E-state index is 12.1. The molecule has 27 heavy (non-hydrogen) atoms. The van der Waals surface area contributed by atoms with E-state index in [9.17, 15) is 4.79 Å². The number of nitrogens with zero attached hydrogens (tertiary/aromatic N) is 3. The number of benzene rings is 2. The molecule has 1 aromatic heterocycles. The van der Waals surface area contributed by atoms with E-state index in [0.29, 0.717) is 24.0 Å². The highest BCUT2D eigenvalue weighted by atomic mass is 16.5. The van der Waals surface area contributed by atoms with Crippen LogP contribution in [-0.4, -0.2) is 40.2 Å². The van der Waals surface area contributed by atoms with Crippen molar-refractivity contribution in [3.63, 3.8) is 0 Å². The zero-order valence-electron chi connectivity index (χ0n) is 15.0. The molecule has 0 atom stereocenters. The van der Waals surface area contributed by atoms with E-state index in [-0.39, 0.29) is 12.5 Å². The lowest BCUT2D eigenvalue weighted by Crippen LogP contribution is -2.20. The summed E-state index contributed by atoms with van der Waals surface area (Å²) >= 11 is 0. The Morgan fingerprint density at radius 1 is 1.15 bits per heavy atom. The second-order valence-corrected chi connectivity index (χ2v) is 5.78. The fourth-order valence-corrected chi connectivity index (χ4v) is 2.34. The molecule has 0 fully saturated rings. The molecule has 0 spiro atoms. The van der Waals surface area contributed by atoms with Crippen molar-refractivity contribution in [1.29, 1.82) is 0 Å². The standard InChI is InChI=1S/C18H20N6O3/c1-12-3-6-14(7-4-12)20-17(25)11-27-15-8-5-13(9-16(15)26-2)10-19-18-21-23-24-22-18/h3-9H,10-11H2,1-2H3,(H,20,25)(H2,19,21,22,23,24). The van der Waals surface area contributed by atoms with Crippen LogP contribution in [0.15, 0.2) is 42.5 Å². The van der Waals surface area contributed by atoms with Crippen molar-refractivity contribution in [1.82, 2.24) is 20.6 Å². The van der Waals surface area contributed by atoms with Gasteiger partial charge in [0, 0.05) is 12.2 Å². The quantitative estimate of drug-likeness (QED) is 0.558. The van der Waals surface area contributed by atoms with E-state index >= 15 is 0 Å². The first kappa shape index (κ1) is 18.2. The van der Waals surface area contributed by atoms with Crippen molar-refractivity contribution < 1.29 is 14.3 Å². The Bertz CT molecular complexity index is 881. The predicted molar refractivity (Wildman–Crippen MR) is 99.8 cm³/mol. The monoisotopic (exact) mass is 368 g/mol. The maximum Gasteiger partial charge on any atom is 0.263 e. The minimum atomic E-state index is -0.247. The molecule has 3 rings (SSSR count). The van der Waals surface area contributed by atoms with Crippen LogP contribution < -0.4 is 20.1 Å². The summed E-state index contributed by atoms with van der Waals surface area (Å²) in [6.07, 6.45) is 0. The van der Waals surface area contributed by atoms with Crippen LogP contribution in [0.25, 0.3) is 0 Å². The minimum absolute atomic E-state index is 0.120. The molecule has 3 N–H and O–H groups in total. The second kappa shape index (κ2) is 8.65. The maximum absolute atomic E-state index is 12.1. The van der Waals surface area contributed by atoms with Gasteiger partial charge in [0.05, 0.1) is 7.11 Å². The van der Waals surface area contributed by atoms with Gasteiger partial charge in [-0.25, -0.2) is 0 Å². The molecule has 9 nitrogen and oxygen atoms in total. The molecule has 0 aliphatic rings. The van der Waals surface area contributed by atoms with Crippen molar-refractivity contribution in [3.8, 4) is 11.5 Å². The van der Waals surface area contributed by atoms with Gasteiger partial charge in [-0.2, -0.15) is 5.21 Å². The minimum Gasteiger partial charge on any atom is -0.493 e. The number of H-pyrrole nitrogens is 1. The average molecular weight is 368 g/mol. The molecular weight excluding hydrogens is 348 g/mol. The molecule has 140 valence electrons. The van der Waals surface area contributed by atoms with Gasteiger partial charge in [-0.15, -0.1) is 5.10 Å². The van der Waals surface area contributed by atoms with E-state index in [1.807, 2.05) is 43.3 Å². The van der Waals surface area contributed by atoms with Crippen molar-refractivity contribution in [2.24, 2.45) is 0 Å². The molecule has 1 heterocycles. The number of ether oxygens (including phenoxy) is 2. The highest BCUT2D eigenvalue weighted by Crippen LogP contribution is 2.28. The number of amides is 1. The first-order valence-electron chi connectivity index (χ1n) is 8.27. The summed E-state index contributed by atoms with van der Waals surface area (Å²) in [6, 6.07) is 13.0. The first-order chi connectivity index (χ1) is 13.1. The fraction of sp³-hybridized carbons (Fsp3) is 0.222. The topological polar surface area (TPSA) is 114 Å². The van der Waals surface area contributed by atoms with Crippen LogP contribution in [0.4, 0.5) is 11.6 Å². The van der Waals surface area contributed by atoms with E-state index in [2.05, 4.69) is 31.3 Å². The Morgan fingerprint density at radius 2 is 1.96 bits per heavy atom. The van der Waals surface area contributed by atoms with Gasteiger partial charge >= 0.3 is 0 Å². The molecule has 0 saturated heterocycles. The van der Waals surface area contributed by atoms with Crippen molar-refractivity contribution >= 4 is 17.5 Å². The largest absolute Gasteiger partial charge is 0.493 e. The molecule has 9 heteroatoms. The number of carbonyl (C=O) groups excluding carboxylic acids is 1. The lowest BCUT2D eigenvalue weighted by molar-refractivity contribution is -0.118. The van der Waals surface area contributed by atoms with Crippen molar-refractivity contribution in [3.05, 3.63) is 53.6 Å². The predicted octanol–water partition coefficient (Wildman–Crippen LogP) is 2.15. The molecular formula is C18H20N6O3. The first-order valence-corrected chi connectivity index (χ1v) is 8.27. The van der Waals surface area contributed by atoms with Gasteiger partial charge in [0.15, 0.2) is 18.1 Å². The van der Waals surface area contributed by atoms with E-state index < -0.39 is 0 Å². The zero-order chi connectivity index (χ0) is 19.1. The smallest absolute Gasteiger partial charge is 0.263 e. The number of hydrogen-bond acceptors (Lipinski definition) is 7. The highest BCUT2D eigenvalue weighted by Gasteiger charge is 2.09. The Morgan fingerprint density at radius 3 is 2.67 bits per heavy atom. The summed E-state index contributed by atoms with van der Waals surface area (Å²) in [4.78, 5) is 12.1. The van der Waals surface area contributed by atoms with Gasteiger partial charge in [0.25, 0.3) is 11.9 Å². The van der Waals surface area contributed by atoms with Gasteiger partial charge in [-0.05, 0) is 42.0 Å². The fourth-order valence-electron chi connectivity index (χ4n) is 2.34. The van der Waals surface area contributed by atoms with Gasteiger partial charge in [-0.3, -0.25) is 4.79 Å². The Hall–Kier alpha value is -3.62. The number of hydrogen-bond donors (Lipinski definition) is 3. The molecule has 3 aromatic rings. The summed E-state index contributed by atoms with van der Waals surface area (Å²) in [5.41, 5.74) is 2.79. The van der Waals surface area contributed by atoms with Gasteiger partial charge in [0.2, 0.25) is 0 Å². The van der Waals surface area contributed by atoms with E-state index in [1.165, 1.54) is 0 Å². The van der Waals surface area contributed by atoms with Crippen LogP contribution in [0, 0.1) is 6.92 Å². The number of methoxy groups -OCH3 is 1. The summed E-state index contributed by atoms with van der Waals surface area (Å²) in [5, 5.41) is 19.3. The van der Waals surface area contributed by atoms with Crippen LogP contribution >= 0.6 is 0 Å². The van der Waals surface area contributed by atoms with Gasteiger partial charge < -0.3 is 20.1 Å². The molecule has 2 aromatic carbocycles. The highest BCUT2D eigenvalue weighted by molar-refractivity contribution is 5.91. The van der Waals surface area contributed by atoms with Crippen molar-refractivity contribution in [2.75, 3.05) is 24.4 Å². The van der Waals surface area contributed by atoms with Crippen molar-refractivity contribution in [2.45, 2.75) is 13.5 Å². The zero-order valence-corrected chi connectivity index (χ0v) is 15.0. The van der Waals surface area contributed by atoms with Crippen LogP contribution in [-0.2, 0) is 11.3 Å². The molecule has 0 radical (unpaired) electrons. The third kappa shape index (κ3) is 5.18. The lowest BCUT2D eigenvalue weighted by atomic mass is 10.2. The summed E-state index contributed by atoms with van der Waals surface area (Å²) in [6.45, 7) is 2.36. The lowest BCUT2D eigenvalue weighted by Gasteiger charge is -2.12. The molecule has 1 amide bonds. The summed E-state index contributed by atoms with van der Waals surface area (Å²) in [7, 11) is 1.55. The molecule has 0 bridgehead atoms. The number of aryl methyl sites for hydroxylation is 1. The van der Waals surface area contributed by atoms with Gasteiger partial charge in [0.1, 0.15) is 0 Å². The third-order valence-corrected chi connectivity index (χ3v) is 3.72. The number of nitrogens with one attached hydrogen (secondary N) is 3. The Labute approximate surface area is 156 Å². The normalized spacial score (nSPS) is 10.3. The van der Waals surface area contributed by atoms with E-state index in [0.717, 1.165) is 16.8 Å². The summed E-state index contributed by atoms with van der Waals surface area (Å²) < 4.78 is 10.9. The summed E-state index contributed by atoms with van der Waals surface area (Å²) in [5.74, 6) is 1.18. The second-order valence-electron chi connectivity index (χ2n) is 5.78. The molecule has 0 unspecified atom stereocenters. The van der Waals surface area contributed by atoms with Crippen LogP contribution in [0.3, 0.4) is 0 Å². The Kier molecular flexibility index (Phi) is 5.83. The number of anilines is 2. The van der Waals surface area contributed by atoms with Crippen LogP contribution in [0.1, 0.15) is 11.1 Å². The average Bonchev–Trinajstić information content (AvgIpc) is 3.20. The Balaban J connectivity index is 1.55. The van der Waals surface area contributed by atoms with Crippen LogP contribution in [0.2, 0.25) is 0 Å². The van der Waals surface area contributed by atoms with E-state index in [4.69, 9.17) is 9.47 Å². The third-order valence-electron chi connectivity index (χ3n) is 3.72. The van der Waals surface area contributed by atoms with Gasteiger partial charge in [-0.1, -0.05) is 28.9 Å². The number of aromatic nitrogens is 4. The SMILES string of the molecule is COc1cc(CNc2nn[nH]n2)ccc1OCC(=O)Nc1ccc(C)cc1. The number of rotatable bonds is 8. The van der Waals surface area contributed by atoms with E-state index in [1.54, 1.807) is 13.2 Å². The number of tetrazole rings is 1. The number of aromatic amines is 1. The molecule has 0 saturated carbocycles. The molecule has 0 aliphatic heterocycles. The molecule has 0 aliphatic carbocycles. The van der Waals surface area contributed by atoms with Crippen LogP contribution in [0.5, 0.6) is 11.5 Å².